The number of rotatable bonds is 4. The highest BCUT2D eigenvalue weighted by atomic mass is 19.1. The van der Waals surface area contributed by atoms with Crippen LogP contribution in [0.25, 0.3) is 0 Å². The molecule has 0 fully saturated rings. The topological polar surface area (TPSA) is 66.8 Å². The third kappa shape index (κ3) is 3.22. The van der Waals surface area contributed by atoms with Gasteiger partial charge in [0.15, 0.2) is 0 Å². The first kappa shape index (κ1) is 12.9. The number of carboxylic acid groups (broad SMARTS) is 1. The molecule has 0 aromatic heterocycles. The van der Waals surface area contributed by atoms with Crippen LogP contribution in [0.1, 0.15) is 15.9 Å². The summed E-state index contributed by atoms with van der Waals surface area (Å²) in [5, 5.41) is 18.1. The molecule has 0 heterocycles. The third-order valence-electron chi connectivity index (χ3n) is 2.50. The molecule has 0 saturated carbocycles. The van der Waals surface area contributed by atoms with Crippen LogP contribution in [0, 0.1) is 5.82 Å². The van der Waals surface area contributed by atoms with Crippen molar-refractivity contribution in [2.45, 2.75) is 6.61 Å². The maximum atomic E-state index is 13.0. The van der Waals surface area contributed by atoms with Crippen LogP contribution in [0.4, 0.5) is 4.39 Å². The van der Waals surface area contributed by atoms with Gasteiger partial charge in [-0.05, 0) is 35.9 Å². The average Bonchev–Trinajstić information content (AvgIpc) is 2.39. The summed E-state index contributed by atoms with van der Waals surface area (Å²) in [4.78, 5) is 11.0. The fourth-order valence-corrected chi connectivity index (χ4v) is 1.55. The highest BCUT2D eigenvalue weighted by molar-refractivity contribution is 5.90. The molecule has 19 heavy (non-hydrogen) atoms. The van der Waals surface area contributed by atoms with E-state index in [1.807, 2.05) is 0 Å². The average molecular weight is 262 g/mol. The van der Waals surface area contributed by atoms with Gasteiger partial charge < -0.3 is 14.9 Å². The van der Waals surface area contributed by atoms with Crippen molar-refractivity contribution in [1.82, 2.24) is 0 Å². The van der Waals surface area contributed by atoms with Gasteiger partial charge in [-0.15, -0.1) is 0 Å². The predicted octanol–water partition coefficient (Wildman–Crippen LogP) is 2.81. The quantitative estimate of drug-likeness (QED) is 0.889. The van der Waals surface area contributed by atoms with Crippen molar-refractivity contribution in [3.05, 3.63) is 59.4 Å². The first-order valence-corrected chi connectivity index (χ1v) is 5.50. The second-order valence-corrected chi connectivity index (χ2v) is 3.90. The Morgan fingerprint density at radius 3 is 2.47 bits per heavy atom. The van der Waals surface area contributed by atoms with Crippen molar-refractivity contribution in [3.63, 3.8) is 0 Å². The van der Waals surface area contributed by atoms with Crippen molar-refractivity contribution >= 4 is 5.97 Å². The summed E-state index contributed by atoms with van der Waals surface area (Å²) in [5.74, 6) is -1.65. The summed E-state index contributed by atoms with van der Waals surface area (Å²) in [7, 11) is 0. The Kier molecular flexibility index (Phi) is 3.66. The van der Waals surface area contributed by atoms with Crippen LogP contribution in [-0.2, 0) is 6.61 Å². The molecule has 4 nitrogen and oxygen atoms in total. The van der Waals surface area contributed by atoms with Gasteiger partial charge in [0, 0.05) is 0 Å². The lowest BCUT2D eigenvalue weighted by Crippen LogP contribution is -2.04. The largest absolute Gasteiger partial charge is 0.508 e. The minimum atomic E-state index is -1.25. The minimum absolute atomic E-state index is 0.0991. The molecule has 0 aliphatic rings. The number of carboxylic acids is 1. The Bertz CT molecular complexity index is 593. The minimum Gasteiger partial charge on any atom is -0.508 e. The second kappa shape index (κ2) is 5.39. The van der Waals surface area contributed by atoms with Crippen LogP contribution in [0.2, 0.25) is 0 Å². The van der Waals surface area contributed by atoms with E-state index >= 15 is 0 Å². The van der Waals surface area contributed by atoms with Crippen LogP contribution >= 0.6 is 0 Å². The Labute approximate surface area is 108 Å². The molecule has 5 heteroatoms. The molecule has 2 rings (SSSR count). The summed E-state index contributed by atoms with van der Waals surface area (Å²) in [6.07, 6.45) is 0. The lowest BCUT2D eigenvalue weighted by atomic mass is 10.2. The SMILES string of the molecule is O=C(O)c1cc(F)ccc1OCc1ccc(O)cc1. The van der Waals surface area contributed by atoms with Crippen LogP contribution in [0.3, 0.4) is 0 Å². The van der Waals surface area contributed by atoms with E-state index in [-0.39, 0.29) is 23.7 Å². The normalized spacial score (nSPS) is 10.2. The zero-order chi connectivity index (χ0) is 13.8. The molecule has 0 aliphatic carbocycles. The molecule has 0 amide bonds. The number of hydrogen-bond acceptors (Lipinski definition) is 3. The number of aromatic carboxylic acids is 1. The van der Waals surface area contributed by atoms with Crippen LogP contribution in [0.5, 0.6) is 11.5 Å². The van der Waals surface area contributed by atoms with Gasteiger partial charge in [-0.25, -0.2) is 9.18 Å². The van der Waals surface area contributed by atoms with E-state index in [2.05, 4.69) is 0 Å². The van der Waals surface area contributed by atoms with E-state index in [1.54, 1.807) is 12.1 Å². The van der Waals surface area contributed by atoms with E-state index in [4.69, 9.17) is 14.9 Å². The van der Waals surface area contributed by atoms with E-state index in [1.165, 1.54) is 18.2 Å². The second-order valence-electron chi connectivity index (χ2n) is 3.90. The zero-order valence-electron chi connectivity index (χ0n) is 9.84. The number of aromatic hydroxyl groups is 1. The third-order valence-corrected chi connectivity index (χ3v) is 2.50. The Morgan fingerprint density at radius 2 is 1.84 bits per heavy atom. The highest BCUT2D eigenvalue weighted by Crippen LogP contribution is 2.21. The molecule has 2 aromatic carbocycles. The standard InChI is InChI=1S/C14H11FO4/c15-10-3-6-13(12(7-10)14(17)18)19-8-9-1-4-11(16)5-2-9/h1-7,16H,8H2,(H,17,18). The molecule has 0 spiro atoms. The number of phenolic OH excluding ortho intramolecular Hbond substituents is 1. The number of hydrogen-bond donors (Lipinski definition) is 2. The number of carbonyl (C=O) groups is 1. The van der Waals surface area contributed by atoms with Gasteiger partial charge in [0.05, 0.1) is 0 Å². The van der Waals surface area contributed by atoms with Crippen LogP contribution in [-0.4, -0.2) is 16.2 Å². The highest BCUT2D eigenvalue weighted by Gasteiger charge is 2.12. The molecule has 0 bridgehead atoms. The summed E-state index contributed by atoms with van der Waals surface area (Å²) in [6, 6.07) is 9.63. The van der Waals surface area contributed by atoms with Gasteiger partial charge in [-0.1, -0.05) is 12.1 Å². The van der Waals surface area contributed by atoms with E-state index < -0.39 is 11.8 Å². The molecular formula is C14H11FO4. The summed E-state index contributed by atoms with van der Waals surface area (Å²) >= 11 is 0. The van der Waals surface area contributed by atoms with Gasteiger partial charge in [-0.3, -0.25) is 0 Å². The van der Waals surface area contributed by atoms with Crippen LogP contribution < -0.4 is 4.74 Å². The van der Waals surface area contributed by atoms with Crippen molar-refractivity contribution in [3.8, 4) is 11.5 Å². The van der Waals surface area contributed by atoms with Gasteiger partial charge in [0.1, 0.15) is 29.5 Å². The lowest BCUT2D eigenvalue weighted by molar-refractivity contribution is 0.0691. The molecule has 0 atom stereocenters. The van der Waals surface area contributed by atoms with E-state index in [9.17, 15) is 9.18 Å². The molecule has 2 aromatic rings. The zero-order valence-corrected chi connectivity index (χ0v) is 9.84. The number of halogens is 1. The first-order chi connectivity index (χ1) is 9.06. The van der Waals surface area contributed by atoms with Gasteiger partial charge in [-0.2, -0.15) is 0 Å². The van der Waals surface area contributed by atoms with Crippen LogP contribution in [0.15, 0.2) is 42.5 Å². The number of benzene rings is 2. The van der Waals surface area contributed by atoms with Crippen molar-refractivity contribution in [2.75, 3.05) is 0 Å². The molecular weight excluding hydrogens is 251 g/mol. The molecule has 2 N–H and O–H groups in total. The number of ether oxygens (including phenoxy) is 1. The molecule has 0 saturated heterocycles. The maximum absolute atomic E-state index is 13.0. The molecule has 98 valence electrons. The van der Waals surface area contributed by atoms with E-state index in [0.29, 0.717) is 0 Å². The summed E-state index contributed by atoms with van der Waals surface area (Å²) < 4.78 is 18.3. The Morgan fingerprint density at radius 1 is 1.16 bits per heavy atom. The predicted molar refractivity (Wildman–Crippen MR) is 65.8 cm³/mol. The maximum Gasteiger partial charge on any atom is 0.339 e. The molecule has 0 radical (unpaired) electrons. The summed E-state index contributed by atoms with van der Waals surface area (Å²) in [6.45, 7) is 0.131. The first-order valence-electron chi connectivity index (χ1n) is 5.50. The Balaban J connectivity index is 2.15. The summed E-state index contributed by atoms with van der Waals surface area (Å²) in [5.41, 5.74) is 0.539. The molecule has 0 unspecified atom stereocenters. The van der Waals surface area contributed by atoms with E-state index in [0.717, 1.165) is 17.7 Å². The monoisotopic (exact) mass is 262 g/mol. The van der Waals surface area contributed by atoms with Gasteiger partial charge >= 0.3 is 5.97 Å². The number of phenols is 1. The van der Waals surface area contributed by atoms with Crippen molar-refractivity contribution in [2.24, 2.45) is 0 Å². The fraction of sp³-hybridized carbons (Fsp3) is 0.0714. The lowest BCUT2D eigenvalue weighted by Gasteiger charge is -2.09. The smallest absolute Gasteiger partial charge is 0.339 e. The van der Waals surface area contributed by atoms with Gasteiger partial charge in [0.25, 0.3) is 0 Å². The van der Waals surface area contributed by atoms with Crippen molar-refractivity contribution in [1.29, 1.82) is 0 Å². The van der Waals surface area contributed by atoms with Crippen molar-refractivity contribution < 1.29 is 24.1 Å². The fourth-order valence-electron chi connectivity index (χ4n) is 1.55. The Hall–Kier alpha value is -2.56. The van der Waals surface area contributed by atoms with Gasteiger partial charge in [0.2, 0.25) is 0 Å². The molecule has 0 aliphatic heterocycles.